The number of hydrogen-bond donors (Lipinski definition) is 1. The lowest BCUT2D eigenvalue weighted by Gasteiger charge is -2.27. The highest BCUT2D eigenvalue weighted by atomic mass is 15.2. The fourth-order valence-corrected chi connectivity index (χ4v) is 2.34. The molecule has 1 aliphatic rings. The van der Waals surface area contributed by atoms with Crippen molar-refractivity contribution in [3.63, 3.8) is 0 Å². The molecule has 0 saturated carbocycles. The van der Waals surface area contributed by atoms with Gasteiger partial charge in [0.2, 0.25) is 5.95 Å². The van der Waals surface area contributed by atoms with Gasteiger partial charge in [-0.25, -0.2) is 9.97 Å². The van der Waals surface area contributed by atoms with E-state index < -0.39 is 0 Å². The van der Waals surface area contributed by atoms with Crippen molar-refractivity contribution in [2.75, 3.05) is 25.5 Å². The lowest BCUT2D eigenvalue weighted by atomic mass is 9.92. The predicted octanol–water partition coefficient (Wildman–Crippen LogP) is 2.17. The Morgan fingerprint density at radius 2 is 2.22 bits per heavy atom. The first-order valence-corrected chi connectivity index (χ1v) is 6.84. The normalized spacial score (nSPS) is 18.8. The average molecular weight is 248 g/mol. The molecular formula is C14H24N4. The highest BCUT2D eigenvalue weighted by Gasteiger charge is 2.22. The Morgan fingerprint density at radius 3 is 2.89 bits per heavy atom. The molecule has 0 aliphatic heterocycles. The molecule has 4 nitrogen and oxygen atoms in total. The summed E-state index contributed by atoms with van der Waals surface area (Å²) in [6.07, 6.45) is 5.50. The van der Waals surface area contributed by atoms with Crippen LogP contribution in [-0.4, -0.2) is 30.6 Å². The van der Waals surface area contributed by atoms with Gasteiger partial charge in [0.05, 0.1) is 5.69 Å². The van der Waals surface area contributed by atoms with Gasteiger partial charge in [0, 0.05) is 31.9 Å². The molecule has 1 aliphatic carbocycles. The molecule has 0 saturated heterocycles. The molecule has 2 rings (SSSR count). The third-order valence-electron chi connectivity index (χ3n) is 3.34. The Hall–Kier alpha value is -1.16. The van der Waals surface area contributed by atoms with E-state index in [1.165, 1.54) is 24.1 Å². The number of nitrogens with zero attached hydrogens (tertiary/aromatic N) is 3. The van der Waals surface area contributed by atoms with E-state index in [2.05, 4.69) is 29.1 Å². The first-order valence-electron chi connectivity index (χ1n) is 6.84. The van der Waals surface area contributed by atoms with Gasteiger partial charge in [-0.3, -0.25) is 0 Å². The fourth-order valence-electron chi connectivity index (χ4n) is 2.34. The smallest absolute Gasteiger partial charge is 0.225 e. The van der Waals surface area contributed by atoms with E-state index in [9.17, 15) is 0 Å². The summed E-state index contributed by atoms with van der Waals surface area (Å²) in [6.45, 7) is 5.53. The summed E-state index contributed by atoms with van der Waals surface area (Å²) in [5.41, 5.74) is 2.52. The second kappa shape index (κ2) is 5.65. The van der Waals surface area contributed by atoms with Crippen LogP contribution in [0.15, 0.2) is 6.20 Å². The molecule has 4 heteroatoms. The molecule has 0 fully saturated rings. The third kappa shape index (κ3) is 2.99. The van der Waals surface area contributed by atoms with Crippen LogP contribution in [0.4, 0.5) is 5.95 Å². The second-order valence-corrected chi connectivity index (χ2v) is 5.71. The van der Waals surface area contributed by atoms with Gasteiger partial charge >= 0.3 is 0 Å². The molecule has 1 aromatic rings. The number of rotatable bonds is 4. The number of aromatic nitrogens is 2. The zero-order chi connectivity index (χ0) is 13.1. The highest BCUT2D eigenvalue weighted by molar-refractivity contribution is 5.33. The number of hydrogen-bond acceptors (Lipinski definition) is 4. The molecule has 0 amide bonds. The zero-order valence-corrected chi connectivity index (χ0v) is 11.9. The van der Waals surface area contributed by atoms with Crippen molar-refractivity contribution in [1.29, 1.82) is 0 Å². The first-order chi connectivity index (χ1) is 8.58. The van der Waals surface area contributed by atoms with Gasteiger partial charge in [-0.15, -0.1) is 0 Å². The van der Waals surface area contributed by atoms with E-state index in [0.717, 1.165) is 18.9 Å². The molecule has 0 bridgehead atoms. The lowest BCUT2D eigenvalue weighted by molar-refractivity contribution is 0.422. The van der Waals surface area contributed by atoms with Crippen LogP contribution in [-0.2, 0) is 6.42 Å². The predicted molar refractivity (Wildman–Crippen MR) is 74.9 cm³/mol. The van der Waals surface area contributed by atoms with Gasteiger partial charge in [0.25, 0.3) is 0 Å². The maximum atomic E-state index is 4.66. The Labute approximate surface area is 110 Å². The van der Waals surface area contributed by atoms with Crippen LogP contribution >= 0.6 is 0 Å². The van der Waals surface area contributed by atoms with Gasteiger partial charge < -0.3 is 10.2 Å². The van der Waals surface area contributed by atoms with Crippen molar-refractivity contribution in [1.82, 2.24) is 15.3 Å². The number of aryl methyl sites for hydroxylation is 1. The zero-order valence-electron chi connectivity index (χ0n) is 11.9. The molecule has 1 heterocycles. The summed E-state index contributed by atoms with van der Waals surface area (Å²) in [5.74, 6) is 1.50. The molecule has 0 spiro atoms. The van der Waals surface area contributed by atoms with Crippen LogP contribution in [0.5, 0.6) is 0 Å². The van der Waals surface area contributed by atoms with Crippen LogP contribution in [0.1, 0.15) is 44.0 Å². The fraction of sp³-hybridized carbons (Fsp3) is 0.714. The summed E-state index contributed by atoms with van der Waals surface area (Å²) in [6, 6.07) is 0.437. The van der Waals surface area contributed by atoms with Gasteiger partial charge in [-0.1, -0.05) is 13.8 Å². The Balaban J connectivity index is 2.16. The van der Waals surface area contributed by atoms with E-state index in [1.54, 1.807) is 0 Å². The van der Waals surface area contributed by atoms with Crippen molar-refractivity contribution in [2.45, 2.75) is 39.2 Å². The van der Waals surface area contributed by atoms with E-state index in [1.807, 2.05) is 25.2 Å². The quantitative estimate of drug-likeness (QED) is 0.886. The summed E-state index contributed by atoms with van der Waals surface area (Å²) in [5, 5.41) is 3.63. The van der Waals surface area contributed by atoms with E-state index in [4.69, 9.17) is 0 Å². The van der Waals surface area contributed by atoms with Crippen molar-refractivity contribution < 1.29 is 0 Å². The minimum absolute atomic E-state index is 0.437. The van der Waals surface area contributed by atoms with E-state index in [-0.39, 0.29) is 0 Å². The van der Waals surface area contributed by atoms with Crippen LogP contribution in [0, 0.1) is 5.92 Å². The lowest BCUT2D eigenvalue weighted by Crippen LogP contribution is -2.29. The largest absolute Gasteiger partial charge is 0.347 e. The topological polar surface area (TPSA) is 41.1 Å². The van der Waals surface area contributed by atoms with E-state index in [0.29, 0.717) is 12.0 Å². The van der Waals surface area contributed by atoms with Crippen molar-refractivity contribution in [3.05, 3.63) is 17.5 Å². The number of anilines is 1. The average Bonchev–Trinajstić information content (AvgIpc) is 2.35. The van der Waals surface area contributed by atoms with Gasteiger partial charge in [0.1, 0.15) is 0 Å². The maximum Gasteiger partial charge on any atom is 0.225 e. The molecule has 0 radical (unpaired) electrons. The molecule has 100 valence electrons. The van der Waals surface area contributed by atoms with Crippen molar-refractivity contribution in [3.8, 4) is 0 Å². The molecule has 1 atom stereocenters. The molecule has 18 heavy (non-hydrogen) atoms. The third-order valence-corrected chi connectivity index (χ3v) is 3.34. The van der Waals surface area contributed by atoms with Crippen molar-refractivity contribution in [2.24, 2.45) is 5.92 Å². The maximum absolute atomic E-state index is 4.66. The SMILES string of the molecule is CC(C)CNC1CCCc2nc(N(C)C)ncc21. The van der Waals surface area contributed by atoms with Gasteiger partial charge in [0.15, 0.2) is 0 Å². The van der Waals surface area contributed by atoms with Crippen molar-refractivity contribution >= 4 is 5.95 Å². The summed E-state index contributed by atoms with van der Waals surface area (Å²) >= 11 is 0. The molecule has 1 aromatic heterocycles. The second-order valence-electron chi connectivity index (χ2n) is 5.71. The molecule has 1 N–H and O–H groups in total. The Morgan fingerprint density at radius 1 is 1.44 bits per heavy atom. The molecular weight excluding hydrogens is 224 g/mol. The summed E-state index contributed by atoms with van der Waals surface area (Å²) < 4.78 is 0. The van der Waals surface area contributed by atoms with Gasteiger partial charge in [-0.05, 0) is 31.7 Å². The highest BCUT2D eigenvalue weighted by Crippen LogP contribution is 2.28. The van der Waals surface area contributed by atoms with Crippen LogP contribution in [0.25, 0.3) is 0 Å². The Bertz CT molecular complexity index is 401. The summed E-state index contributed by atoms with van der Waals surface area (Å²) in [7, 11) is 3.97. The molecule has 1 unspecified atom stereocenters. The minimum Gasteiger partial charge on any atom is -0.347 e. The van der Waals surface area contributed by atoms with Gasteiger partial charge in [-0.2, -0.15) is 0 Å². The first kappa shape index (κ1) is 13.3. The minimum atomic E-state index is 0.437. The monoisotopic (exact) mass is 248 g/mol. The van der Waals surface area contributed by atoms with Crippen LogP contribution in [0.2, 0.25) is 0 Å². The summed E-state index contributed by atoms with van der Waals surface area (Å²) in [4.78, 5) is 11.1. The Kier molecular flexibility index (Phi) is 4.17. The number of fused-ring (bicyclic) bond motifs is 1. The standard InChI is InChI=1S/C14H24N4/c1-10(2)8-15-12-6-5-7-13-11(12)9-16-14(17-13)18(3)4/h9-10,12,15H,5-8H2,1-4H3. The van der Waals surface area contributed by atoms with E-state index >= 15 is 0 Å². The number of nitrogens with one attached hydrogen (secondary N) is 1. The van der Waals surface area contributed by atoms with Crippen LogP contribution in [0.3, 0.4) is 0 Å². The molecule has 0 aromatic carbocycles. The van der Waals surface area contributed by atoms with Crippen LogP contribution < -0.4 is 10.2 Å².